The highest BCUT2D eigenvalue weighted by molar-refractivity contribution is 5.79. The highest BCUT2D eigenvalue weighted by atomic mass is 16.5. The molecule has 0 fully saturated rings. The molecule has 0 aliphatic carbocycles. The number of nitrogens with one attached hydrogen (secondary N) is 2. The Bertz CT molecular complexity index is 624. The van der Waals surface area contributed by atoms with Gasteiger partial charge in [-0.05, 0) is 37.3 Å². The fourth-order valence-corrected chi connectivity index (χ4v) is 2.14. The second-order valence-corrected chi connectivity index (χ2v) is 5.04. The number of hydrogen-bond acceptors (Lipinski definition) is 3. The van der Waals surface area contributed by atoms with Crippen molar-refractivity contribution in [2.24, 2.45) is 4.99 Å². The minimum atomic E-state index is 0.220. The monoisotopic (exact) mass is 316 g/mol. The van der Waals surface area contributed by atoms with Gasteiger partial charge in [-0.2, -0.15) is 0 Å². The van der Waals surface area contributed by atoms with E-state index in [2.05, 4.69) is 20.2 Å². The summed E-state index contributed by atoms with van der Waals surface area (Å²) in [5.41, 5.74) is 0.729. The van der Waals surface area contributed by atoms with Crippen LogP contribution in [0.2, 0.25) is 0 Å². The molecule has 0 atom stereocenters. The third-order valence-corrected chi connectivity index (χ3v) is 3.37. The maximum absolute atomic E-state index is 9.91. The van der Waals surface area contributed by atoms with E-state index in [0.717, 1.165) is 31.2 Å². The number of aliphatic imine (C=N–C) groups is 1. The van der Waals surface area contributed by atoms with Crippen LogP contribution in [0.3, 0.4) is 0 Å². The van der Waals surface area contributed by atoms with Crippen molar-refractivity contribution in [1.29, 1.82) is 0 Å². The third kappa shape index (κ3) is 5.25. The number of nitrogens with zero attached hydrogens (tertiary/aromatic N) is 2. The molecule has 0 aliphatic heterocycles. The Kier molecular flexibility index (Phi) is 6.35. The molecule has 0 aliphatic rings. The minimum absolute atomic E-state index is 0.220. The van der Waals surface area contributed by atoms with Crippen molar-refractivity contribution in [2.75, 3.05) is 20.2 Å². The third-order valence-electron chi connectivity index (χ3n) is 3.37. The van der Waals surface area contributed by atoms with Gasteiger partial charge in [-0.3, -0.25) is 0 Å². The Balaban J connectivity index is 1.95. The maximum Gasteiger partial charge on any atom is 0.191 e. The first-order valence-electron chi connectivity index (χ1n) is 7.71. The smallest absolute Gasteiger partial charge is 0.191 e. The number of guanidine groups is 1. The Morgan fingerprint density at radius 3 is 2.74 bits per heavy atom. The number of aromatic hydroxyl groups is 1. The molecule has 0 unspecified atom stereocenters. The number of aromatic nitrogens is 1. The molecule has 23 heavy (non-hydrogen) atoms. The van der Waals surface area contributed by atoms with Crippen molar-refractivity contribution in [2.45, 2.75) is 20.0 Å². The maximum atomic E-state index is 9.91. The number of benzene rings is 1. The zero-order chi connectivity index (χ0) is 16.5. The molecule has 6 heteroatoms. The topological polar surface area (TPSA) is 70.8 Å². The molecule has 2 rings (SSSR count). The van der Waals surface area contributed by atoms with Gasteiger partial charge in [-0.15, -0.1) is 0 Å². The van der Waals surface area contributed by atoms with E-state index in [0.29, 0.717) is 12.3 Å². The first-order chi connectivity index (χ1) is 11.2. The van der Waals surface area contributed by atoms with Crippen molar-refractivity contribution in [3.63, 3.8) is 0 Å². The average molecular weight is 316 g/mol. The number of phenolic OH excluding ortho intramolecular Hbond substituents is 1. The van der Waals surface area contributed by atoms with Crippen LogP contribution in [-0.2, 0) is 13.1 Å². The highest BCUT2D eigenvalue weighted by Crippen LogP contribution is 2.23. The molecule has 0 saturated heterocycles. The van der Waals surface area contributed by atoms with E-state index in [4.69, 9.17) is 4.74 Å². The molecule has 1 aromatic heterocycles. The average Bonchev–Trinajstić information content (AvgIpc) is 3.07. The van der Waals surface area contributed by atoms with E-state index >= 15 is 0 Å². The molecule has 0 spiro atoms. The standard InChI is InChI=1S/C17H24N4O2/c1-3-18-17(19-8-11-21-9-4-5-10-21)20-13-14-12-15(23-2)6-7-16(14)22/h4-7,9-10,12,22H,3,8,11,13H2,1-2H3,(H2,18,19,20). The molecule has 2 aromatic rings. The summed E-state index contributed by atoms with van der Waals surface area (Å²) in [6.07, 6.45) is 4.06. The summed E-state index contributed by atoms with van der Waals surface area (Å²) >= 11 is 0. The van der Waals surface area contributed by atoms with Gasteiger partial charge in [0.05, 0.1) is 13.7 Å². The number of ether oxygens (including phenoxy) is 1. The fraction of sp³-hybridized carbons (Fsp3) is 0.353. The summed E-state index contributed by atoms with van der Waals surface area (Å²) in [6.45, 7) is 4.81. The van der Waals surface area contributed by atoms with Crippen LogP contribution in [0.1, 0.15) is 12.5 Å². The van der Waals surface area contributed by atoms with E-state index in [9.17, 15) is 5.11 Å². The van der Waals surface area contributed by atoms with Crippen LogP contribution in [0.15, 0.2) is 47.7 Å². The summed E-state index contributed by atoms with van der Waals surface area (Å²) in [5, 5.41) is 16.4. The number of hydrogen-bond donors (Lipinski definition) is 3. The van der Waals surface area contributed by atoms with Gasteiger partial charge in [0.25, 0.3) is 0 Å². The Labute approximate surface area is 136 Å². The summed E-state index contributed by atoms with van der Waals surface area (Å²) < 4.78 is 7.28. The van der Waals surface area contributed by atoms with Gasteiger partial charge in [-0.25, -0.2) is 4.99 Å². The number of rotatable bonds is 7. The molecule has 1 aromatic carbocycles. The fourth-order valence-electron chi connectivity index (χ4n) is 2.14. The SMILES string of the molecule is CCNC(=NCc1cc(OC)ccc1O)NCCn1cccc1. The van der Waals surface area contributed by atoms with E-state index < -0.39 is 0 Å². The molecule has 0 amide bonds. The van der Waals surface area contributed by atoms with Crippen LogP contribution >= 0.6 is 0 Å². The van der Waals surface area contributed by atoms with Crippen molar-refractivity contribution < 1.29 is 9.84 Å². The Morgan fingerprint density at radius 2 is 2.04 bits per heavy atom. The molecule has 124 valence electrons. The lowest BCUT2D eigenvalue weighted by Gasteiger charge is -2.12. The van der Waals surface area contributed by atoms with Crippen LogP contribution in [-0.4, -0.2) is 35.8 Å². The van der Waals surface area contributed by atoms with Crippen molar-refractivity contribution >= 4 is 5.96 Å². The van der Waals surface area contributed by atoms with Crippen molar-refractivity contribution in [1.82, 2.24) is 15.2 Å². The van der Waals surface area contributed by atoms with Crippen LogP contribution in [0.4, 0.5) is 0 Å². The van der Waals surface area contributed by atoms with Gasteiger partial charge in [0.1, 0.15) is 11.5 Å². The number of methoxy groups -OCH3 is 1. The van der Waals surface area contributed by atoms with Gasteiger partial charge in [0.15, 0.2) is 5.96 Å². The predicted molar refractivity (Wildman–Crippen MR) is 91.9 cm³/mol. The Hall–Kier alpha value is -2.63. The largest absolute Gasteiger partial charge is 0.508 e. The van der Waals surface area contributed by atoms with E-state index in [1.165, 1.54) is 0 Å². The van der Waals surface area contributed by atoms with Gasteiger partial charge in [0, 0.05) is 37.6 Å². The summed E-state index contributed by atoms with van der Waals surface area (Å²) in [7, 11) is 1.60. The van der Waals surface area contributed by atoms with Crippen molar-refractivity contribution in [3.8, 4) is 11.5 Å². The summed E-state index contributed by atoms with van der Waals surface area (Å²) in [5.74, 6) is 1.65. The molecular weight excluding hydrogens is 292 g/mol. The van der Waals surface area contributed by atoms with Gasteiger partial charge >= 0.3 is 0 Å². The van der Waals surface area contributed by atoms with E-state index in [1.807, 2.05) is 31.5 Å². The van der Waals surface area contributed by atoms with Crippen LogP contribution in [0.25, 0.3) is 0 Å². The zero-order valence-electron chi connectivity index (χ0n) is 13.6. The minimum Gasteiger partial charge on any atom is -0.508 e. The van der Waals surface area contributed by atoms with Crippen LogP contribution in [0, 0.1) is 0 Å². The molecule has 0 saturated carbocycles. The molecular formula is C17H24N4O2. The lowest BCUT2D eigenvalue weighted by molar-refractivity contribution is 0.411. The Morgan fingerprint density at radius 1 is 1.26 bits per heavy atom. The van der Waals surface area contributed by atoms with E-state index in [-0.39, 0.29) is 5.75 Å². The van der Waals surface area contributed by atoms with E-state index in [1.54, 1.807) is 25.3 Å². The van der Waals surface area contributed by atoms with Crippen molar-refractivity contribution in [3.05, 3.63) is 48.3 Å². The van der Waals surface area contributed by atoms with Crippen LogP contribution in [0.5, 0.6) is 11.5 Å². The summed E-state index contributed by atoms with van der Waals surface area (Å²) in [6, 6.07) is 9.15. The lowest BCUT2D eigenvalue weighted by atomic mass is 10.2. The molecule has 3 N–H and O–H groups in total. The van der Waals surface area contributed by atoms with Gasteiger partial charge in [-0.1, -0.05) is 0 Å². The first-order valence-corrected chi connectivity index (χ1v) is 7.71. The molecule has 0 radical (unpaired) electrons. The second kappa shape index (κ2) is 8.73. The number of phenols is 1. The normalized spacial score (nSPS) is 11.3. The molecule has 1 heterocycles. The van der Waals surface area contributed by atoms with Crippen LogP contribution < -0.4 is 15.4 Å². The molecule has 0 bridgehead atoms. The first kappa shape index (κ1) is 16.7. The van der Waals surface area contributed by atoms with Gasteiger partial charge < -0.3 is 25.0 Å². The second-order valence-electron chi connectivity index (χ2n) is 5.04. The summed E-state index contributed by atoms with van der Waals surface area (Å²) in [4.78, 5) is 4.51. The quantitative estimate of drug-likeness (QED) is 0.539. The molecule has 6 nitrogen and oxygen atoms in total. The van der Waals surface area contributed by atoms with Gasteiger partial charge in [0.2, 0.25) is 0 Å². The lowest BCUT2D eigenvalue weighted by Crippen LogP contribution is -2.38. The highest BCUT2D eigenvalue weighted by Gasteiger charge is 2.04. The predicted octanol–water partition coefficient (Wildman–Crippen LogP) is 1.96. The zero-order valence-corrected chi connectivity index (χ0v) is 13.6.